The van der Waals surface area contributed by atoms with Crippen LogP contribution in [0.5, 0.6) is 0 Å². The zero-order valence-electron chi connectivity index (χ0n) is 16.1. The number of nitrogens with zero attached hydrogens (tertiary/aromatic N) is 2. The Morgan fingerprint density at radius 1 is 1.33 bits per heavy atom. The number of fused-ring (bicyclic) bond motifs is 1. The highest BCUT2D eigenvalue weighted by Gasteiger charge is 2.49. The first-order valence-corrected chi connectivity index (χ1v) is 9.71. The van der Waals surface area contributed by atoms with Crippen LogP contribution >= 0.6 is 12.4 Å². The summed E-state index contributed by atoms with van der Waals surface area (Å²) in [4.78, 5) is 13.1. The average Bonchev–Trinajstić information content (AvgIpc) is 3.23. The van der Waals surface area contributed by atoms with Crippen molar-refractivity contribution in [1.82, 2.24) is 20.4 Å². The van der Waals surface area contributed by atoms with Gasteiger partial charge in [-0.05, 0) is 56.8 Å². The van der Waals surface area contributed by atoms with Crippen molar-refractivity contribution in [3.8, 4) is 5.69 Å². The van der Waals surface area contributed by atoms with Crippen LogP contribution in [0.2, 0.25) is 0 Å². The van der Waals surface area contributed by atoms with Crippen LogP contribution in [0.25, 0.3) is 5.69 Å². The first-order chi connectivity index (χ1) is 12.6. The van der Waals surface area contributed by atoms with Crippen LogP contribution < -0.4 is 10.6 Å². The molecule has 1 aromatic heterocycles. The Balaban J connectivity index is 0.00000210. The third-order valence-electron chi connectivity index (χ3n) is 6.16. The summed E-state index contributed by atoms with van der Waals surface area (Å²) in [7, 11) is 0. The van der Waals surface area contributed by atoms with Crippen LogP contribution in [0.1, 0.15) is 42.6 Å². The summed E-state index contributed by atoms with van der Waals surface area (Å²) in [6, 6.07) is 10.3. The van der Waals surface area contributed by atoms with E-state index in [2.05, 4.69) is 40.9 Å². The van der Waals surface area contributed by atoms with E-state index >= 15 is 0 Å². The molecule has 0 unspecified atom stereocenters. The van der Waals surface area contributed by atoms with E-state index in [1.807, 2.05) is 23.7 Å². The maximum Gasteiger partial charge on any atom is 0.228 e. The predicted octanol–water partition coefficient (Wildman–Crippen LogP) is 3.31. The average molecular weight is 389 g/mol. The maximum absolute atomic E-state index is 13.1. The molecule has 1 amide bonds. The lowest BCUT2D eigenvalue weighted by atomic mass is 9.67. The van der Waals surface area contributed by atoms with E-state index in [1.165, 1.54) is 12.8 Å². The highest BCUT2D eigenvalue weighted by molar-refractivity contribution is 5.85. The standard InChI is InChI=1S/C21H28N4O.ClH/c1-15-11-16(2)25(24-15)19-9-4-3-7-17(19)12-23-20(26)21-10-6-5-8-18(21)13-22-14-21;/h3-4,7,9,11,18,22H,5-6,8,10,12-14H2,1-2H3,(H,23,26);1H/t18-,21+;/m0./s1. The molecule has 0 bridgehead atoms. The molecule has 2 N–H and O–H groups in total. The third kappa shape index (κ3) is 3.63. The lowest BCUT2D eigenvalue weighted by Crippen LogP contribution is -2.47. The van der Waals surface area contributed by atoms with Crippen molar-refractivity contribution in [3.05, 3.63) is 47.3 Å². The molecule has 1 saturated heterocycles. The second-order valence-corrected chi connectivity index (χ2v) is 7.88. The number of nitrogens with one attached hydrogen (secondary N) is 2. The number of carbonyl (C=O) groups is 1. The van der Waals surface area contributed by atoms with E-state index in [-0.39, 0.29) is 23.7 Å². The Kier molecular flexibility index (Phi) is 5.92. The normalized spacial score (nSPS) is 24.1. The van der Waals surface area contributed by atoms with Gasteiger partial charge in [0.25, 0.3) is 0 Å². The van der Waals surface area contributed by atoms with Gasteiger partial charge in [-0.25, -0.2) is 4.68 Å². The van der Waals surface area contributed by atoms with Gasteiger partial charge < -0.3 is 10.6 Å². The summed E-state index contributed by atoms with van der Waals surface area (Å²) in [5.74, 6) is 0.706. The van der Waals surface area contributed by atoms with Gasteiger partial charge in [0, 0.05) is 18.8 Å². The summed E-state index contributed by atoms with van der Waals surface area (Å²) >= 11 is 0. The molecule has 2 atom stereocenters. The van der Waals surface area contributed by atoms with E-state index in [1.54, 1.807) is 0 Å². The number of halogens is 1. The van der Waals surface area contributed by atoms with Crippen LogP contribution in [-0.2, 0) is 11.3 Å². The Hall–Kier alpha value is -1.85. The highest BCUT2D eigenvalue weighted by Crippen LogP contribution is 2.43. The summed E-state index contributed by atoms with van der Waals surface area (Å²) in [6.07, 6.45) is 4.59. The smallest absolute Gasteiger partial charge is 0.228 e. The van der Waals surface area contributed by atoms with Crippen LogP contribution in [-0.4, -0.2) is 28.8 Å². The summed E-state index contributed by atoms with van der Waals surface area (Å²) < 4.78 is 1.97. The molecule has 1 aromatic carbocycles. The molecule has 2 fully saturated rings. The molecule has 0 radical (unpaired) electrons. The molecule has 2 heterocycles. The largest absolute Gasteiger partial charge is 0.351 e. The fourth-order valence-electron chi connectivity index (χ4n) is 4.78. The Morgan fingerprint density at radius 2 is 2.15 bits per heavy atom. The molecule has 2 aromatic rings. The zero-order chi connectivity index (χ0) is 18.1. The van der Waals surface area contributed by atoms with E-state index in [0.717, 1.165) is 48.6 Å². The number of amides is 1. The SMILES string of the molecule is Cc1cc(C)n(-c2ccccc2CNC(=O)[C@@]23CCCC[C@H]2CNC3)n1.Cl. The van der Waals surface area contributed by atoms with Crippen molar-refractivity contribution in [2.45, 2.75) is 46.1 Å². The molecule has 4 rings (SSSR count). The molecule has 5 nitrogen and oxygen atoms in total. The van der Waals surface area contributed by atoms with Gasteiger partial charge in [-0.3, -0.25) is 4.79 Å². The van der Waals surface area contributed by atoms with Gasteiger partial charge in [0.1, 0.15) is 0 Å². The number of carbonyl (C=O) groups excluding carboxylic acids is 1. The molecule has 1 saturated carbocycles. The maximum atomic E-state index is 13.1. The quantitative estimate of drug-likeness (QED) is 0.844. The van der Waals surface area contributed by atoms with Crippen LogP contribution in [0.15, 0.2) is 30.3 Å². The van der Waals surface area contributed by atoms with Gasteiger partial charge in [0.2, 0.25) is 5.91 Å². The van der Waals surface area contributed by atoms with Gasteiger partial charge in [-0.2, -0.15) is 5.10 Å². The van der Waals surface area contributed by atoms with Crippen LogP contribution in [0.4, 0.5) is 0 Å². The second kappa shape index (κ2) is 8.03. The highest BCUT2D eigenvalue weighted by atomic mass is 35.5. The summed E-state index contributed by atoms with van der Waals surface area (Å²) in [5, 5.41) is 11.3. The molecular weight excluding hydrogens is 360 g/mol. The molecule has 6 heteroatoms. The van der Waals surface area contributed by atoms with Crippen molar-refractivity contribution in [3.63, 3.8) is 0 Å². The number of benzene rings is 1. The first-order valence-electron chi connectivity index (χ1n) is 9.71. The zero-order valence-corrected chi connectivity index (χ0v) is 16.9. The number of hydrogen-bond acceptors (Lipinski definition) is 3. The predicted molar refractivity (Wildman–Crippen MR) is 109 cm³/mol. The Morgan fingerprint density at radius 3 is 2.93 bits per heavy atom. The van der Waals surface area contributed by atoms with Crippen LogP contribution in [0, 0.1) is 25.2 Å². The van der Waals surface area contributed by atoms with E-state index < -0.39 is 0 Å². The lowest BCUT2D eigenvalue weighted by Gasteiger charge is -2.37. The van der Waals surface area contributed by atoms with Crippen molar-refractivity contribution in [1.29, 1.82) is 0 Å². The minimum absolute atomic E-state index is 0. The number of rotatable bonds is 4. The second-order valence-electron chi connectivity index (χ2n) is 7.88. The number of hydrogen-bond donors (Lipinski definition) is 2. The van der Waals surface area contributed by atoms with E-state index in [4.69, 9.17) is 0 Å². The fraction of sp³-hybridized carbons (Fsp3) is 0.524. The van der Waals surface area contributed by atoms with E-state index in [0.29, 0.717) is 12.5 Å². The molecule has 2 aliphatic rings. The fourth-order valence-corrected chi connectivity index (χ4v) is 4.78. The van der Waals surface area contributed by atoms with Gasteiger partial charge in [0.05, 0.1) is 16.8 Å². The minimum atomic E-state index is -0.203. The number of aromatic nitrogens is 2. The third-order valence-corrected chi connectivity index (χ3v) is 6.16. The summed E-state index contributed by atoms with van der Waals surface area (Å²) in [6.45, 7) is 6.41. The molecule has 1 aliphatic heterocycles. The van der Waals surface area contributed by atoms with Gasteiger partial charge in [-0.15, -0.1) is 12.4 Å². The topological polar surface area (TPSA) is 59.0 Å². The molecule has 0 spiro atoms. The molecule has 146 valence electrons. The molecular formula is C21H29ClN4O. The first kappa shape index (κ1) is 19.9. The Bertz CT molecular complexity index is 818. The molecule has 27 heavy (non-hydrogen) atoms. The van der Waals surface area contributed by atoms with Gasteiger partial charge in [-0.1, -0.05) is 31.0 Å². The lowest BCUT2D eigenvalue weighted by molar-refractivity contribution is -0.134. The van der Waals surface area contributed by atoms with Crippen molar-refractivity contribution < 1.29 is 4.79 Å². The van der Waals surface area contributed by atoms with Crippen molar-refractivity contribution in [2.75, 3.05) is 13.1 Å². The number of para-hydroxylation sites is 1. The van der Waals surface area contributed by atoms with Crippen molar-refractivity contribution >= 4 is 18.3 Å². The minimum Gasteiger partial charge on any atom is -0.351 e. The summed E-state index contributed by atoms with van der Waals surface area (Å²) in [5.41, 5.74) is 4.04. The number of aryl methyl sites for hydroxylation is 2. The van der Waals surface area contributed by atoms with Gasteiger partial charge in [0.15, 0.2) is 0 Å². The van der Waals surface area contributed by atoms with Crippen molar-refractivity contribution in [2.24, 2.45) is 11.3 Å². The van der Waals surface area contributed by atoms with E-state index in [9.17, 15) is 4.79 Å². The Labute approximate surface area is 167 Å². The van der Waals surface area contributed by atoms with Gasteiger partial charge >= 0.3 is 0 Å². The monoisotopic (exact) mass is 388 g/mol. The van der Waals surface area contributed by atoms with Crippen LogP contribution in [0.3, 0.4) is 0 Å². The molecule has 1 aliphatic carbocycles.